The quantitative estimate of drug-likeness (QED) is 0.401. The van der Waals surface area contributed by atoms with Crippen LogP contribution in [0.4, 0.5) is 0 Å². The Bertz CT molecular complexity index is 998. The summed E-state index contributed by atoms with van der Waals surface area (Å²) in [6, 6.07) is 26.7. The molecule has 0 aliphatic rings. The lowest BCUT2D eigenvalue weighted by molar-refractivity contribution is -0.151. The predicted octanol–water partition coefficient (Wildman–Crippen LogP) is 3.84. The van der Waals surface area contributed by atoms with Crippen LogP contribution >= 0.6 is 0 Å². The first kappa shape index (κ1) is 25.0. The van der Waals surface area contributed by atoms with E-state index in [-0.39, 0.29) is 30.9 Å². The van der Waals surface area contributed by atoms with Crippen LogP contribution in [0.3, 0.4) is 0 Å². The normalized spacial score (nSPS) is 11.9. The molecule has 3 aromatic rings. The Kier molecular flexibility index (Phi) is 9.23. The number of ether oxygens (including phenoxy) is 2. The summed E-state index contributed by atoms with van der Waals surface area (Å²) < 4.78 is 11.9. The number of esters is 1. The zero-order valence-electron chi connectivity index (χ0n) is 19.6. The highest BCUT2D eigenvalue weighted by atomic mass is 16.6. The van der Waals surface area contributed by atoms with Gasteiger partial charge in [-0.05, 0) is 28.8 Å². The number of nitrogens with two attached hydrogens (primary N) is 1. The Labute approximate surface area is 201 Å². The molecule has 3 rings (SSSR count). The molecule has 0 saturated carbocycles. The minimum atomic E-state index is -0.531. The summed E-state index contributed by atoms with van der Waals surface area (Å²) in [7, 11) is 0. The number of primary amides is 1. The van der Waals surface area contributed by atoms with Gasteiger partial charge in [-0.15, -0.1) is 0 Å². The van der Waals surface area contributed by atoms with Crippen LogP contribution in [0.5, 0.6) is 5.75 Å². The number of nitrogens with one attached hydrogen (secondary N) is 1. The molecule has 3 N–H and O–H groups in total. The third-order valence-corrected chi connectivity index (χ3v) is 5.28. The Balaban J connectivity index is 1.73. The molecule has 0 saturated heterocycles. The number of carbonyl (C=O) groups is 2. The van der Waals surface area contributed by atoms with Gasteiger partial charge >= 0.3 is 5.97 Å². The highest BCUT2D eigenvalue weighted by Gasteiger charge is 2.27. The van der Waals surface area contributed by atoms with Gasteiger partial charge in [0.2, 0.25) is 5.91 Å². The van der Waals surface area contributed by atoms with Gasteiger partial charge in [0.1, 0.15) is 24.4 Å². The van der Waals surface area contributed by atoms with Gasteiger partial charge in [0, 0.05) is 12.6 Å². The standard InChI is InChI=1S/C28H32N2O4/c1-20(2)30-18-25(19-33-24-15-13-21(14-16-24)17-26(29)31)34-28(32)27(22-9-5-3-6-10-22)23-11-7-4-8-12-23/h3-16,20,25,27,30H,17-19H2,1-2H3,(H2,29,31). The fourth-order valence-corrected chi connectivity index (χ4v) is 3.58. The lowest BCUT2D eigenvalue weighted by Gasteiger charge is -2.24. The zero-order valence-corrected chi connectivity index (χ0v) is 19.6. The van der Waals surface area contributed by atoms with E-state index in [1.54, 1.807) is 24.3 Å². The van der Waals surface area contributed by atoms with E-state index in [9.17, 15) is 9.59 Å². The SMILES string of the molecule is CC(C)NCC(COc1ccc(CC(N)=O)cc1)OC(=O)C(c1ccccc1)c1ccccc1. The molecule has 0 bridgehead atoms. The largest absolute Gasteiger partial charge is 0.490 e. The van der Waals surface area contributed by atoms with E-state index < -0.39 is 12.0 Å². The Morgan fingerprint density at radius 2 is 1.41 bits per heavy atom. The third kappa shape index (κ3) is 7.74. The van der Waals surface area contributed by atoms with Gasteiger partial charge in [-0.1, -0.05) is 86.6 Å². The fourth-order valence-electron chi connectivity index (χ4n) is 3.58. The second-order valence-corrected chi connectivity index (χ2v) is 8.47. The predicted molar refractivity (Wildman–Crippen MR) is 133 cm³/mol. The molecule has 6 nitrogen and oxygen atoms in total. The van der Waals surface area contributed by atoms with Crippen LogP contribution in [-0.4, -0.2) is 37.2 Å². The number of carbonyl (C=O) groups excluding carboxylic acids is 2. The summed E-state index contributed by atoms with van der Waals surface area (Å²) in [6.45, 7) is 4.72. The van der Waals surface area contributed by atoms with E-state index in [1.807, 2.05) is 74.5 Å². The molecule has 6 heteroatoms. The van der Waals surface area contributed by atoms with Crippen LogP contribution in [0.2, 0.25) is 0 Å². The molecule has 0 aliphatic carbocycles. The number of hydrogen-bond acceptors (Lipinski definition) is 5. The van der Waals surface area contributed by atoms with Crippen molar-refractivity contribution in [1.82, 2.24) is 5.32 Å². The first-order valence-electron chi connectivity index (χ1n) is 11.5. The molecule has 0 aromatic heterocycles. The Morgan fingerprint density at radius 3 is 1.91 bits per heavy atom. The second kappa shape index (κ2) is 12.6. The van der Waals surface area contributed by atoms with Crippen molar-refractivity contribution in [2.24, 2.45) is 5.73 Å². The maximum atomic E-state index is 13.4. The molecule has 178 valence electrons. The average molecular weight is 461 g/mol. The van der Waals surface area contributed by atoms with Gasteiger partial charge in [-0.3, -0.25) is 9.59 Å². The first-order valence-corrected chi connectivity index (χ1v) is 11.5. The lowest BCUT2D eigenvalue weighted by atomic mass is 9.91. The third-order valence-electron chi connectivity index (χ3n) is 5.28. The van der Waals surface area contributed by atoms with Crippen LogP contribution in [-0.2, 0) is 20.7 Å². The van der Waals surface area contributed by atoms with Crippen molar-refractivity contribution in [2.75, 3.05) is 13.2 Å². The molecule has 3 aromatic carbocycles. The highest BCUT2D eigenvalue weighted by Crippen LogP contribution is 2.26. The topological polar surface area (TPSA) is 90.7 Å². The van der Waals surface area contributed by atoms with Crippen molar-refractivity contribution in [1.29, 1.82) is 0 Å². The molecule has 1 atom stereocenters. The molecular formula is C28H32N2O4. The molecular weight excluding hydrogens is 428 g/mol. The Morgan fingerprint density at radius 1 is 0.853 bits per heavy atom. The van der Waals surface area contributed by atoms with Crippen molar-refractivity contribution >= 4 is 11.9 Å². The lowest BCUT2D eigenvalue weighted by Crippen LogP contribution is -2.39. The van der Waals surface area contributed by atoms with Gasteiger partial charge < -0.3 is 20.5 Å². The monoisotopic (exact) mass is 460 g/mol. The van der Waals surface area contributed by atoms with Crippen LogP contribution < -0.4 is 15.8 Å². The van der Waals surface area contributed by atoms with Crippen LogP contribution in [0, 0.1) is 0 Å². The van der Waals surface area contributed by atoms with E-state index in [0.29, 0.717) is 12.3 Å². The average Bonchev–Trinajstić information content (AvgIpc) is 2.83. The Hall–Kier alpha value is -3.64. The second-order valence-electron chi connectivity index (χ2n) is 8.47. The summed E-state index contributed by atoms with van der Waals surface area (Å²) in [5.74, 6) is -0.612. The minimum Gasteiger partial charge on any atom is -0.490 e. The van der Waals surface area contributed by atoms with E-state index >= 15 is 0 Å². The van der Waals surface area contributed by atoms with Gasteiger partial charge in [0.25, 0.3) is 0 Å². The summed E-state index contributed by atoms with van der Waals surface area (Å²) in [5.41, 5.74) is 7.82. The maximum absolute atomic E-state index is 13.4. The van der Waals surface area contributed by atoms with E-state index in [2.05, 4.69) is 5.32 Å². The summed E-state index contributed by atoms with van der Waals surface area (Å²) in [5, 5.41) is 3.33. The summed E-state index contributed by atoms with van der Waals surface area (Å²) in [6.07, 6.45) is -0.311. The maximum Gasteiger partial charge on any atom is 0.318 e. The van der Waals surface area contributed by atoms with Crippen molar-refractivity contribution < 1.29 is 19.1 Å². The number of hydrogen-bond donors (Lipinski definition) is 2. The van der Waals surface area contributed by atoms with Gasteiger partial charge in [-0.2, -0.15) is 0 Å². The van der Waals surface area contributed by atoms with Gasteiger partial charge in [0.15, 0.2) is 0 Å². The zero-order chi connectivity index (χ0) is 24.3. The van der Waals surface area contributed by atoms with Crippen LogP contribution in [0.15, 0.2) is 84.9 Å². The molecule has 0 heterocycles. The molecule has 0 fully saturated rings. The number of rotatable bonds is 12. The van der Waals surface area contributed by atoms with Crippen molar-refractivity contribution in [3.05, 3.63) is 102 Å². The van der Waals surface area contributed by atoms with E-state index in [0.717, 1.165) is 16.7 Å². The fraction of sp³-hybridized carbons (Fsp3) is 0.286. The molecule has 0 radical (unpaired) electrons. The summed E-state index contributed by atoms with van der Waals surface area (Å²) >= 11 is 0. The van der Waals surface area contributed by atoms with E-state index in [1.165, 1.54) is 0 Å². The number of benzene rings is 3. The molecule has 1 amide bonds. The molecule has 0 aliphatic heterocycles. The number of amides is 1. The van der Waals surface area contributed by atoms with Crippen molar-refractivity contribution in [3.8, 4) is 5.75 Å². The minimum absolute atomic E-state index is 0.180. The van der Waals surface area contributed by atoms with Gasteiger partial charge in [-0.25, -0.2) is 0 Å². The highest BCUT2D eigenvalue weighted by molar-refractivity contribution is 5.82. The molecule has 0 spiro atoms. The van der Waals surface area contributed by atoms with E-state index in [4.69, 9.17) is 15.2 Å². The molecule has 1 unspecified atom stereocenters. The molecule has 34 heavy (non-hydrogen) atoms. The van der Waals surface area contributed by atoms with Crippen LogP contribution in [0.25, 0.3) is 0 Å². The summed E-state index contributed by atoms with van der Waals surface area (Å²) in [4.78, 5) is 24.5. The van der Waals surface area contributed by atoms with Crippen LogP contribution in [0.1, 0.15) is 36.5 Å². The first-order chi connectivity index (χ1) is 16.4. The van der Waals surface area contributed by atoms with Crippen molar-refractivity contribution in [3.63, 3.8) is 0 Å². The smallest absolute Gasteiger partial charge is 0.318 e. The van der Waals surface area contributed by atoms with Gasteiger partial charge in [0.05, 0.1) is 6.42 Å². The van der Waals surface area contributed by atoms with Crippen molar-refractivity contribution in [2.45, 2.75) is 38.3 Å².